The molecule has 1 aliphatic carbocycles. The van der Waals surface area contributed by atoms with E-state index in [0.717, 1.165) is 22.6 Å². The number of aromatic hydroxyl groups is 1. The Hall–Kier alpha value is -4.53. The van der Waals surface area contributed by atoms with Crippen LogP contribution in [0.3, 0.4) is 0 Å². The van der Waals surface area contributed by atoms with Crippen molar-refractivity contribution in [2.45, 2.75) is 24.8 Å². The molecule has 2 atom stereocenters. The predicted octanol–water partition coefficient (Wildman–Crippen LogP) is 5.30. The first kappa shape index (κ1) is 23.2. The predicted molar refractivity (Wildman–Crippen MR) is 135 cm³/mol. The number of nitro groups is 1. The van der Waals surface area contributed by atoms with E-state index in [1.165, 1.54) is 12.1 Å². The Morgan fingerprint density at radius 1 is 0.944 bits per heavy atom. The van der Waals surface area contributed by atoms with Crippen molar-refractivity contribution < 1.29 is 24.3 Å². The largest absolute Gasteiger partial charge is 0.502 e. The highest BCUT2D eigenvalue weighted by molar-refractivity contribution is 6.01. The lowest BCUT2D eigenvalue weighted by Gasteiger charge is -2.30. The van der Waals surface area contributed by atoms with E-state index in [9.17, 15) is 20.0 Å². The average Bonchev–Trinajstić information content (AvgIpc) is 3.05. The summed E-state index contributed by atoms with van der Waals surface area (Å²) in [5.41, 5.74) is 3.92. The Kier molecular flexibility index (Phi) is 5.97. The van der Waals surface area contributed by atoms with Gasteiger partial charge in [0.05, 0.1) is 36.6 Å². The Balaban J connectivity index is 1.60. The van der Waals surface area contributed by atoms with Crippen molar-refractivity contribution in [2.75, 3.05) is 24.9 Å². The zero-order chi connectivity index (χ0) is 25.4. The molecule has 5 rings (SSSR count). The molecule has 0 spiro atoms. The van der Waals surface area contributed by atoms with Gasteiger partial charge in [0.2, 0.25) is 0 Å². The van der Waals surface area contributed by atoms with E-state index in [0.29, 0.717) is 29.1 Å². The number of methoxy groups -OCH3 is 2. The van der Waals surface area contributed by atoms with Crippen LogP contribution in [0.4, 0.5) is 17.1 Å². The summed E-state index contributed by atoms with van der Waals surface area (Å²) in [4.78, 5) is 24.5. The average molecular weight is 488 g/mol. The Morgan fingerprint density at radius 3 is 2.39 bits per heavy atom. The van der Waals surface area contributed by atoms with Crippen molar-refractivity contribution in [1.29, 1.82) is 0 Å². The molecule has 0 aromatic heterocycles. The van der Waals surface area contributed by atoms with Crippen molar-refractivity contribution in [2.24, 2.45) is 0 Å². The van der Waals surface area contributed by atoms with Gasteiger partial charge in [-0.15, -0.1) is 0 Å². The topological polar surface area (TPSA) is 123 Å². The number of nitrogens with zero attached hydrogens (tertiary/aromatic N) is 1. The van der Waals surface area contributed by atoms with Crippen molar-refractivity contribution in [3.05, 3.63) is 93.2 Å². The van der Waals surface area contributed by atoms with Crippen LogP contribution in [0.5, 0.6) is 17.2 Å². The van der Waals surface area contributed by atoms with Gasteiger partial charge < -0.3 is 25.2 Å². The Morgan fingerprint density at radius 2 is 1.67 bits per heavy atom. The number of nitrogens with one attached hydrogen (secondary N) is 2. The second-order valence-corrected chi connectivity index (χ2v) is 8.79. The van der Waals surface area contributed by atoms with Crippen LogP contribution < -0.4 is 20.1 Å². The lowest BCUT2D eigenvalue weighted by atomic mass is 9.78. The molecule has 3 N–H and O–H groups in total. The van der Waals surface area contributed by atoms with Gasteiger partial charge in [0, 0.05) is 23.8 Å². The SMILES string of the molecule is COc1ccc(C2CC(=O)C3=C(C2)Nc2ccccc2NC3c2ccc(O)c([N+](=O)[O-])c2)cc1OC. The number of ketones is 1. The minimum Gasteiger partial charge on any atom is -0.502 e. The summed E-state index contributed by atoms with van der Waals surface area (Å²) in [7, 11) is 3.15. The summed E-state index contributed by atoms with van der Waals surface area (Å²) in [6.45, 7) is 0. The van der Waals surface area contributed by atoms with E-state index in [1.54, 1.807) is 20.3 Å². The van der Waals surface area contributed by atoms with E-state index >= 15 is 0 Å². The first-order chi connectivity index (χ1) is 17.4. The minimum atomic E-state index is -0.632. The van der Waals surface area contributed by atoms with Crippen LogP contribution in [-0.2, 0) is 4.79 Å². The Labute approximate surface area is 207 Å². The van der Waals surface area contributed by atoms with Crippen LogP contribution in [0.2, 0.25) is 0 Å². The number of benzene rings is 3. The molecule has 0 saturated carbocycles. The number of carbonyl (C=O) groups is 1. The summed E-state index contributed by atoms with van der Waals surface area (Å²) in [5, 5.41) is 28.3. The molecule has 184 valence electrons. The number of hydrogen-bond donors (Lipinski definition) is 3. The second-order valence-electron chi connectivity index (χ2n) is 8.79. The zero-order valence-electron chi connectivity index (χ0n) is 19.8. The van der Waals surface area contributed by atoms with Crippen molar-refractivity contribution in [1.82, 2.24) is 0 Å². The number of anilines is 2. The molecule has 0 radical (unpaired) electrons. The molecule has 1 aliphatic heterocycles. The molecule has 0 fully saturated rings. The first-order valence-corrected chi connectivity index (χ1v) is 11.5. The van der Waals surface area contributed by atoms with Crippen LogP contribution in [0.15, 0.2) is 71.9 Å². The summed E-state index contributed by atoms with van der Waals surface area (Å²) >= 11 is 0. The van der Waals surface area contributed by atoms with Gasteiger partial charge in [-0.25, -0.2) is 0 Å². The minimum absolute atomic E-state index is 0.0652. The molecule has 0 saturated heterocycles. The first-order valence-electron chi connectivity index (χ1n) is 11.5. The summed E-state index contributed by atoms with van der Waals surface area (Å²) in [6.07, 6.45) is 0.827. The number of hydrogen-bond acceptors (Lipinski definition) is 8. The molecule has 2 aliphatic rings. The van der Waals surface area contributed by atoms with Crippen LogP contribution in [0.25, 0.3) is 0 Å². The molecule has 3 aromatic rings. The van der Waals surface area contributed by atoms with E-state index in [1.807, 2.05) is 42.5 Å². The van der Waals surface area contributed by atoms with Crippen LogP contribution in [0.1, 0.15) is 35.9 Å². The van der Waals surface area contributed by atoms with Gasteiger partial charge in [0.1, 0.15) is 0 Å². The van der Waals surface area contributed by atoms with Gasteiger partial charge in [-0.05, 0) is 53.8 Å². The number of rotatable bonds is 5. The molecule has 0 bridgehead atoms. The molecule has 36 heavy (non-hydrogen) atoms. The molecule has 9 nitrogen and oxygen atoms in total. The number of carbonyl (C=O) groups excluding carboxylic acids is 1. The molecule has 3 aromatic carbocycles. The van der Waals surface area contributed by atoms with Crippen molar-refractivity contribution in [3.8, 4) is 17.2 Å². The molecule has 9 heteroatoms. The quantitative estimate of drug-likeness (QED) is 0.327. The highest BCUT2D eigenvalue weighted by Gasteiger charge is 2.37. The third-order valence-corrected chi connectivity index (χ3v) is 6.72. The van der Waals surface area contributed by atoms with Gasteiger partial charge >= 0.3 is 5.69 Å². The van der Waals surface area contributed by atoms with E-state index in [4.69, 9.17) is 9.47 Å². The van der Waals surface area contributed by atoms with Gasteiger partial charge in [-0.3, -0.25) is 14.9 Å². The molecule has 2 unspecified atom stereocenters. The van der Waals surface area contributed by atoms with E-state index in [-0.39, 0.29) is 18.1 Å². The lowest BCUT2D eigenvalue weighted by Crippen LogP contribution is -2.27. The van der Waals surface area contributed by atoms with Gasteiger partial charge in [0.25, 0.3) is 0 Å². The Bertz CT molecular complexity index is 1400. The zero-order valence-corrected chi connectivity index (χ0v) is 19.8. The fourth-order valence-electron chi connectivity index (χ4n) is 4.95. The number of ether oxygens (including phenoxy) is 2. The monoisotopic (exact) mass is 487 g/mol. The normalized spacial score (nSPS) is 18.8. The smallest absolute Gasteiger partial charge is 0.311 e. The summed E-state index contributed by atoms with van der Waals surface area (Å²) in [5.74, 6) is 0.627. The molecular weight excluding hydrogens is 462 g/mol. The van der Waals surface area contributed by atoms with E-state index < -0.39 is 22.4 Å². The lowest BCUT2D eigenvalue weighted by molar-refractivity contribution is -0.385. The fourth-order valence-corrected chi connectivity index (χ4v) is 4.95. The van der Waals surface area contributed by atoms with Gasteiger partial charge in [-0.2, -0.15) is 0 Å². The van der Waals surface area contributed by atoms with Gasteiger partial charge in [-0.1, -0.05) is 24.3 Å². The van der Waals surface area contributed by atoms with Gasteiger partial charge in [0.15, 0.2) is 23.0 Å². The highest BCUT2D eigenvalue weighted by Crippen LogP contribution is 2.46. The van der Waals surface area contributed by atoms with Crippen LogP contribution in [0, 0.1) is 10.1 Å². The maximum Gasteiger partial charge on any atom is 0.311 e. The maximum absolute atomic E-state index is 13.7. The van der Waals surface area contributed by atoms with Crippen LogP contribution >= 0.6 is 0 Å². The second kappa shape index (κ2) is 9.26. The summed E-state index contributed by atoms with van der Waals surface area (Å²) < 4.78 is 10.8. The maximum atomic E-state index is 13.7. The number of allylic oxidation sites excluding steroid dienone is 1. The molecular formula is C27H25N3O6. The standard InChI is InChI=1S/C27H25N3O6/c1-35-24-10-8-15(14-25(24)36-2)17-11-20-26(23(32)13-17)27(29-19-6-4-3-5-18(19)28-20)16-7-9-22(31)21(12-16)30(33)34/h3-10,12,14,17,27-29,31H,11,13H2,1-2H3. The molecule has 1 heterocycles. The molecule has 0 amide bonds. The number of fused-ring (bicyclic) bond motifs is 1. The third kappa shape index (κ3) is 4.08. The third-order valence-electron chi connectivity index (χ3n) is 6.72. The van der Waals surface area contributed by atoms with E-state index in [2.05, 4.69) is 10.6 Å². The van der Waals surface area contributed by atoms with Crippen LogP contribution in [-0.4, -0.2) is 30.0 Å². The number of nitro benzene ring substituents is 1. The fraction of sp³-hybridized carbons (Fsp3) is 0.222. The van der Waals surface area contributed by atoms with Crippen molar-refractivity contribution in [3.63, 3.8) is 0 Å². The number of Topliss-reactive ketones (excluding diaryl/α,β-unsaturated/α-hetero) is 1. The van der Waals surface area contributed by atoms with Crippen molar-refractivity contribution >= 4 is 22.8 Å². The number of para-hydroxylation sites is 2. The number of phenols is 1. The summed E-state index contributed by atoms with van der Waals surface area (Å²) in [6, 6.07) is 16.8. The number of phenolic OH excluding ortho intramolecular Hbond substituents is 1. The highest BCUT2D eigenvalue weighted by atomic mass is 16.6.